The van der Waals surface area contributed by atoms with Crippen LogP contribution in [0.15, 0.2) is 12.1 Å². The molecule has 6 N–H and O–H groups in total. The second kappa shape index (κ2) is 4.24. The summed E-state index contributed by atoms with van der Waals surface area (Å²) >= 11 is 0. The normalized spacial score (nSPS) is 12.5. The maximum absolute atomic E-state index is 13.0. The predicted molar refractivity (Wildman–Crippen MR) is 51.0 cm³/mol. The van der Waals surface area contributed by atoms with Crippen molar-refractivity contribution in [3.63, 3.8) is 0 Å². The fourth-order valence-corrected chi connectivity index (χ4v) is 1.19. The van der Waals surface area contributed by atoms with E-state index in [2.05, 4.69) is 0 Å². The number of carboxylic acid groups (broad SMARTS) is 1. The summed E-state index contributed by atoms with van der Waals surface area (Å²) in [6.45, 7) is -0.0178. The highest BCUT2D eigenvalue weighted by Gasteiger charge is 2.18. The molecular weight excluding hydrogens is 203 g/mol. The molecule has 0 unspecified atom stereocenters. The van der Waals surface area contributed by atoms with Crippen molar-refractivity contribution < 1.29 is 19.4 Å². The lowest BCUT2D eigenvalue weighted by molar-refractivity contribution is 0.0693. The summed E-state index contributed by atoms with van der Waals surface area (Å²) in [4.78, 5) is 10.6. The molecule has 6 heteroatoms. The van der Waals surface area contributed by atoms with E-state index >= 15 is 0 Å². The van der Waals surface area contributed by atoms with Gasteiger partial charge in [0.25, 0.3) is 0 Å². The number of benzene rings is 1. The Morgan fingerprint density at radius 3 is 2.60 bits per heavy atom. The summed E-state index contributed by atoms with van der Waals surface area (Å²) in [5.74, 6) is -2.73. The molecule has 0 radical (unpaired) electrons. The molecule has 1 atom stereocenters. The number of hydrogen-bond acceptors (Lipinski definition) is 4. The molecule has 1 rings (SSSR count). The molecule has 0 bridgehead atoms. The molecule has 82 valence electrons. The van der Waals surface area contributed by atoms with Gasteiger partial charge in [0.2, 0.25) is 0 Å². The van der Waals surface area contributed by atoms with E-state index in [0.29, 0.717) is 0 Å². The van der Waals surface area contributed by atoms with Crippen LogP contribution < -0.4 is 11.5 Å². The van der Waals surface area contributed by atoms with Gasteiger partial charge in [-0.1, -0.05) is 0 Å². The van der Waals surface area contributed by atoms with Crippen LogP contribution in [0.5, 0.6) is 5.75 Å². The Bertz CT molecular complexity index is 395. The van der Waals surface area contributed by atoms with Crippen molar-refractivity contribution in [2.24, 2.45) is 11.5 Å². The molecule has 0 fully saturated rings. The van der Waals surface area contributed by atoms with Crippen molar-refractivity contribution in [2.45, 2.75) is 6.04 Å². The first kappa shape index (κ1) is 11.4. The van der Waals surface area contributed by atoms with Gasteiger partial charge in [-0.15, -0.1) is 0 Å². The van der Waals surface area contributed by atoms with Crippen molar-refractivity contribution in [3.05, 3.63) is 29.1 Å². The van der Waals surface area contributed by atoms with Gasteiger partial charge in [-0.2, -0.15) is 0 Å². The number of nitrogens with two attached hydrogens (primary N) is 2. The zero-order valence-corrected chi connectivity index (χ0v) is 7.77. The lowest BCUT2D eigenvalue weighted by Gasteiger charge is -2.12. The Hall–Kier alpha value is -1.66. The average molecular weight is 214 g/mol. The Balaban J connectivity index is 3.34. The Labute approximate surface area is 85.1 Å². The Morgan fingerprint density at radius 1 is 1.53 bits per heavy atom. The number of phenols is 1. The third-order valence-electron chi connectivity index (χ3n) is 1.99. The van der Waals surface area contributed by atoms with E-state index in [0.717, 1.165) is 12.1 Å². The van der Waals surface area contributed by atoms with E-state index in [1.807, 2.05) is 0 Å². The molecule has 0 aliphatic carbocycles. The summed E-state index contributed by atoms with van der Waals surface area (Å²) < 4.78 is 13.0. The molecule has 1 aromatic rings. The Morgan fingerprint density at radius 2 is 2.13 bits per heavy atom. The fraction of sp³-hybridized carbons (Fsp3) is 0.222. The number of carbonyl (C=O) groups is 1. The molecule has 0 heterocycles. The van der Waals surface area contributed by atoms with E-state index in [-0.39, 0.29) is 12.1 Å². The maximum Gasteiger partial charge on any atom is 0.339 e. The molecule has 0 aromatic heterocycles. The van der Waals surface area contributed by atoms with Crippen molar-refractivity contribution in [3.8, 4) is 5.75 Å². The maximum atomic E-state index is 13.0. The summed E-state index contributed by atoms with van der Waals surface area (Å²) in [6, 6.07) is 0.905. The van der Waals surface area contributed by atoms with Crippen LogP contribution in [-0.4, -0.2) is 22.7 Å². The molecule has 5 nitrogen and oxygen atoms in total. The number of aromatic carboxylic acids is 1. The number of halogens is 1. The lowest BCUT2D eigenvalue weighted by atomic mass is 10.0. The first-order chi connectivity index (χ1) is 6.97. The smallest absolute Gasteiger partial charge is 0.339 e. The topological polar surface area (TPSA) is 110 Å². The van der Waals surface area contributed by atoms with E-state index in [4.69, 9.17) is 16.6 Å². The second-order valence-corrected chi connectivity index (χ2v) is 3.04. The van der Waals surface area contributed by atoms with Crippen LogP contribution in [0.3, 0.4) is 0 Å². The molecule has 0 saturated heterocycles. The van der Waals surface area contributed by atoms with E-state index in [1.165, 1.54) is 0 Å². The van der Waals surface area contributed by atoms with E-state index < -0.39 is 29.1 Å². The largest absolute Gasteiger partial charge is 0.507 e. The first-order valence-corrected chi connectivity index (χ1v) is 4.18. The molecule has 0 spiro atoms. The standard InChI is InChI=1S/C9H11FN2O3/c10-4-1-5(7(12)3-11)8(13)6(2-4)9(14)15/h1-2,7,13H,3,11-12H2,(H,14,15)/t7-/m0/s1. The number of aromatic hydroxyl groups is 1. The average Bonchev–Trinajstić information content (AvgIpc) is 2.19. The highest BCUT2D eigenvalue weighted by molar-refractivity contribution is 5.91. The summed E-state index contributed by atoms with van der Waals surface area (Å²) in [6.07, 6.45) is 0. The van der Waals surface area contributed by atoms with Gasteiger partial charge >= 0.3 is 5.97 Å². The highest BCUT2D eigenvalue weighted by Crippen LogP contribution is 2.27. The molecule has 0 aliphatic rings. The van der Waals surface area contributed by atoms with Gasteiger partial charge < -0.3 is 21.7 Å². The van der Waals surface area contributed by atoms with Gasteiger partial charge in [0.05, 0.1) is 0 Å². The minimum absolute atomic E-state index is 0.00472. The monoisotopic (exact) mass is 214 g/mol. The SMILES string of the molecule is NC[C@H](N)c1cc(F)cc(C(=O)O)c1O. The van der Waals surface area contributed by atoms with Crippen LogP contribution in [0, 0.1) is 5.82 Å². The first-order valence-electron chi connectivity index (χ1n) is 4.18. The van der Waals surface area contributed by atoms with Gasteiger partial charge in [-0.25, -0.2) is 9.18 Å². The molecule has 0 amide bonds. The van der Waals surface area contributed by atoms with Gasteiger partial charge in [0, 0.05) is 18.2 Å². The molecule has 1 aromatic carbocycles. The van der Waals surface area contributed by atoms with Gasteiger partial charge in [0.1, 0.15) is 17.1 Å². The third-order valence-corrected chi connectivity index (χ3v) is 1.99. The predicted octanol–water partition coefficient (Wildman–Crippen LogP) is 0.188. The number of hydrogen-bond donors (Lipinski definition) is 4. The third kappa shape index (κ3) is 2.23. The van der Waals surface area contributed by atoms with Crippen LogP contribution in [0.25, 0.3) is 0 Å². The quantitative estimate of drug-likeness (QED) is 0.574. The molecular formula is C9H11FN2O3. The second-order valence-electron chi connectivity index (χ2n) is 3.04. The van der Waals surface area contributed by atoms with Crippen LogP contribution in [0.2, 0.25) is 0 Å². The molecule has 0 aliphatic heterocycles. The van der Waals surface area contributed by atoms with E-state index in [9.17, 15) is 14.3 Å². The minimum Gasteiger partial charge on any atom is -0.507 e. The summed E-state index contributed by atoms with van der Waals surface area (Å²) in [7, 11) is 0. The molecule has 0 saturated carbocycles. The van der Waals surface area contributed by atoms with E-state index in [1.54, 1.807) is 0 Å². The highest BCUT2D eigenvalue weighted by atomic mass is 19.1. The number of carboxylic acids is 1. The van der Waals surface area contributed by atoms with Crippen LogP contribution in [-0.2, 0) is 0 Å². The van der Waals surface area contributed by atoms with Crippen LogP contribution in [0.4, 0.5) is 4.39 Å². The summed E-state index contributed by atoms with van der Waals surface area (Å²) in [5.41, 5.74) is 10.2. The van der Waals surface area contributed by atoms with Gasteiger partial charge in [-0.05, 0) is 12.1 Å². The lowest BCUT2D eigenvalue weighted by Crippen LogP contribution is -2.21. The van der Waals surface area contributed by atoms with Gasteiger partial charge in [-0.3, -0.25) is 0 Å². The minimum atomic E-state index is -1.42. The summed E-state index contributed by atoms with van der Waals surface area (Å²) in [5, 5.41) is 18.2. The van der Waals surface area contributed by atoms with Crippen LogP contribution in [0.1, 0.15) is 22.0 Å². The zero-order chi connectivity index (χ0) is 11.6. The number of rotatable bonds is 3. The van der Waals surface area contributed by atoms with Crippen LogP contribution >= 0.6 is 0 Å². The molecule has 15 heavy (non-hydrogen) atoms. The fourth-order valence-electron chi connectivity index (χ4n) is 1.19. The van der Waals surface area contributed by atoms with Crippen molar-refractivity contribution in [2.75, 3.05) is 6.54 Å². The zero-order valence-electron chi connectivity index (χ0n) is 7.77. The van der Waals surface area contributed by atoms with Crippen molar-refractivity contribution >= 4 is 5.97 Å². The van der Waals surface area contributed by atoms with Crippen molar-refractivity contribution in [1.82, 2.24) is 0 Å². The van der Waals surface area contributed by atoms with Crippen molar-refractivity contribution in [1.29, 1.82) is 0 Å². The van der Waals surface area contributed by atoms with Gasteiger partial charge in [0.15, 0.2) is 0 Å². The Kier molecular flexibility index (Phi) is 3.23.